The Kier molecular flexibility index (Phi) is 5.35. The second-order valence-corrected chi connectivity index (χ2v) is 7.37. The van der Waals surface area contributed by atoms with Crippen LogP contribution < -0.4 is 10.5 Å². The topological polar surface area (TPSA) is 72.2 Å². The van der Waals surface area contributed by atoms with Crippen molar-refractivity contribution in [1.82, 2.24) is 5.32 Å². The zero-order chi connectivity index (χ0) is 15.5. The molecule has 2 rings (SSSR count). The Morgan fingerprint density at radius 2 is 1.86 bits per heavy atom. The number of halogens is 1. The zero-order valence-corrected chi connectivity index (χ0v) is 13.1. The van der Waals surface area contributed by atoms with Crippen molar-refractivity contribution in [2.75, 3.05) is 0 Å². The first-order valence-electron chi connectivity index (χ1n) is 7.46. The summed E-state index contributed by atoms with van der Waals surface area (Å²) in [5.41, 5.74) is 0.478. The maximum Gasteiger partial charge on any atom is 0.238 e. The number of sulfonamides is 1. The van der Waals surface area contributed by atoms with Crippen LogP contribution in [0.1, 0.15) is 57.1 Å². The molecule has 0 aromatic heterocycles. The summed E-state index contributed by atoms with van der Waals surface area (Å²) in [6, 6.07) is 4.11. The molecule has 1 aromatic carbocycles. The molecule has 0 heterocycles. The second-order valence-electron chi connectivity index (χ2n) is 5.81. The monoisotopic (exact) mass is 314 g/mol. The van der Waals surface area contributed by atoms with Crippen LogP contribution in [0.4, 0.5) is 4.39 Å². The molecule has 1 aliphatic carbocycles. The number of hydrogen-bond donors (Lipinski definition) is 2. The highest BCUT2D eigenvalue weighted by Gasteiger charge is 2.19. The van der Waals surface area contributed by atoms with Crippen molar-refractivity contribution < 1.29 is 12.8 Å². The lowest BCUT2D eigenvalue weighted by atomic mass is 10.0. The van der Waals surface area contributed by atoms with Gasteiger partial charge in [-0.15, -0.1) is 0 Å². The molecule has 0 saturated heterocycles. The molecule has 0 amide bonds. The first kappa shape index (κ1) is 16.4. The van der Waals surface area contributed by atoms with E-state index in [0.29, 0.717) is 11.6 Å². The van der Waals surface area contributed by atoms with Gasteiger partial charge in [0.15, 0.2) is 0 Å². The summed E-state index contributed by atoms with van der Waals surface area (Å²) in [4.78, 5) is -0.189. The lowest BCUT2D eigenvalue weighted by Gasteiger charge is -2.23. The summed E-state index contributed by atoms with van der Waals surface area (Å²) in [6.07, 6.45) is 7.17. The standard InChI is InChI=1S/C15H23FN2O2S/c1-11(18-12-6-4-2-3-5-7-12)14-9-8-13(10-15(14)16)21(17,19)20/h8-12,18H,2-7H2,1H3,(H2,17,19,20). The normalized spacial score (nSPS) is 19.2. The van der Waals surface area contributed by atoms with E-state index in [4.69, 9.17) is 5.14 Å². The Hall–Kier alpha value is -0.980. The molecule has 1 fully saturated rings. The van der Waals surface area contributed by atoms with Gasteiger partial charge >= 0.3 is 0 Å². The average Bonchev–Trinajstić information content (AvgIpc) is 2.66. The van der Waals surface area contributed by atoms with E-state index in [0.717, 1.165) is 18.9 Å². The minimum Gasteiger partial charge on any atom is -0.307 e. The van der Waals surface area contributed by atoms with E-state index >= 15 is 0 Å². The van der Waals surface area contributed by atoms with Crippen LogP contribution in [-0.4, -0.2) is 14.5 Å². The molecule has 21 heavy (non-hydrogen) atoms. The largest absolute Gasteiger partial charge is 0.307 e. The summed E-state index contributed by atoms with van der Waals surface area (Å²) in [6.45, 7) is 1.90. The van der Waals surface area contributed by atoms with E-state index < -0.39 is 15.8 Å². The highest BCUT2D eigenvalue weighted by atomic mass is 32.2. The summed E-state index contributed by atoms with van der Waals surface area (Å²) >= 11 is 0. The smallest absolute Gasteiger partial charge is 0.238 e. The van der Waals surface area contributed by atoms with Crippen molar-refractivity contribution in [1.29, 1.82) is 0 Å². The third kappa shape index (κ3) is 4.49. The average molecular weight is 314 g/mol. The van der Waals surface area contributed by atoms with Gasteiger partial charge in [0.2, 0.25) is 10.0 Å². The third-order valence-electron chi connectivity index (χ3n) is 4.11. The van der Waals surface area contributed by atoms with Gasteiger partial charge in [0.05, 0.1) is 4.90 Å². The molecule has 4 nitrogen and oxygen atoms in total. The molecular formula is C15H23FN2O2S. The number of hydrogen-bond acceptors (Lipinski definition) is 3. The van der Waals surface area contributed by atoms with E-state index in [-0.39, 0.29) is 10.9 Å². The Labute approximate surface area is 126 Å². The molecule has 118 valence electrons. The molecule has 1 saturated carbocycles. The molecule has 0 spiro atoms. The molecule has 1 unspecified atom stereocenters. The summed E-state index contributed by atoms with van der Waals surface area (Å²) in [5, 5.41) is 8.46. The second kappa shape index (κ2) is 6.85. The lowest BCUT2D eigenvalue weighted by molar-refractivity contribution is 0.405. The maximum absolute atomic E-state index is 14.1. The van der Waals surface area contributed by atoms with Gasteiger partial charge in [-0.3, -0.25) is 0 Å². The fraction of sp³-hybridized carbons (Fsp3) is 0.600. The first-order chi connectivity index (χ1) is 9.88. The molecule has 3 N–H and O–H groups in total. The Morgan fingerprint density at radius 3 is 2.38 bits per heavy atom. The third-order valence-corrected chi connectivity index (χ3v) is 5.02. The van der Waals surface area contributed by atoms with Crippen LogP contribution in [0.5, 0.6) is 0 Å². The number of rotatable bonds is 4. The minimum absolute atomic E-state index is 0.150. The van der Waals surface area contributed by atoms with Crippen molar-refractivity contribution >= 4 is 10.0 Å². The van der Waals surface area contributed by atoms with Gasteiger partial charge in [0.25, 0.3) is 0 Å². The van der Waals surface area contributed by atoms with E-state index in [9.17, 15) is 12.8 Å². The van der Waals surface area contributed by atoms with Crippen molar-refractivity contribution in [2.24, 2.45) is 5.14 Å². The maximum atomic E-state index is 14.1. The van der Waals surface area contributed by atoms with Gasteiger partial charge < -0.3 is 5.32 Å². The number of nitrogens with two attached hydrogens (primary N) is 1. The fourth-order valence-corrected chi connectivity index (χ4v) is 3.45. The molecule has 0 radical (unpaired) electrons. The van der Waals surface area contributed by atoms with Gasteiger partial charge in [0, 0.05) is 17.6 Å². The molecule has 1 atom stereocenters. The summed E-state index contributed by atoms with van der Waals surface area (Å²) in [7, 11) is -3.86. The first-order valence-corrected chi connectivity index (χ1v) is 9.01. The molecule has 0 aliphatic heterocycles. The van der Waals surface area contributed by atoms with Gasteiger partial charge in [-0.05, 0) is 31.9 Å². The van der Waals surface area contributed by atoms with E-state index in [1.54, 1.807) is 0 Å². The fourth-order valence-electron chi connectivity index (χ4n) is 2.93. The summed E-state index contributed by atoms with van der Waals surface area (Å²) < 4.78 is 36.5. The van der Waals surface area contributed by atoms with Crippen molar-refractivity contribution in [2.45, 2.75) is 62.4 Å². The van der Waals surface area contributed by atoms with Crippen molar-refractivity contribution in [3.8, 4) is 0 Å². The van der Waals surface area contributed by atoms with E-state index in [1.807, 2.05) is 6.92 Å². The molecule has 0 bridgehead atoms. The molecular weight excluding hydrogens is 291 g/mol. The van der Waals surface area contributed by atoms with E-state index in [2.05, 4.69) is 5.32 Å². The van der Waals surface area contributed by atoms with Crippen LogP contribution in [0.2, 0.25) is 0 Å². The Bertz CT molecular complexity index is 581. The van der Waals surface area contributed by atoms with Crippen LogP contribution >= 0.6 is 0 Å². The molecule has 6 heteroatoms. The Morgan fingerprint density at radius 1 is 1.24 bits per heavy atom. The van der Waals surface area contributed by atoms with Gasteiger partial charge in [-0.25, -0.2) is 17.9 Å². The van der Waals surface area contributed by atoms with Crippen LogP contribution in [-0.2, 0) is 10.0 Å². The summed E-state index contributed by atoms with van der Waals surface area (Å²) in [5.74, 6) is -0.532. The minimum atomic E-state index is -3.86. The highest BCUT2D eigenvalue weighted by Crippen LogP contribution is 2.23. The Balaban J connectivity index is 2.10. The van der Waals surface area contributed by atoms with Gasteiger partial charge in [0.1, 0.15) is 5.82 Å². The van der Waals surface area contributed by atoms with Crippen LogP contribution in [0.25, 0.3) is 0 Å². The van der Waals surface area contributed by atoms with E-state index in [1.165, 1.54) is 37.8 Å². The quantitative estimate of drug-likeness (QED) is 0.839. The van der Waals surface area contributed by atoms with Crippen molar-refractivity contribution in [3.63, 3.8) is 0 Å². The zero-order valence-electron chi connectivity index (χ0n) is 12.3. The van der Waals surface area contributed by atoms with Crippen LogP contribution in [0.15, 0.2) is 23.1 Å². The SMILES string of the molecule is CC(NC1CCCCCC1)c1ccc(S(N)(=O)=O)cc1F. The molecule has 1 aliphatic rings. The van der Waals surface area contributed by atoms with Gasteiger partial charge in [-0.2, -0.15) is 0 Å². The predicted molar refractivity (Wildman–Crippen MR) is 80.8 cm³/mol. The predicted octanol–water partition coefficient (Wildman–Crippen LogP) is 2.85. The highest BCUT2D eigenvalue weighted by molar-refractivity contribution is 7.89. The number of primary sulfonamides is 1. The molecule has 1 aromatic rings. The van der Waals surface area contributed by atoms with Gasteiger partial charge in [-0.1, -0.05) is 31.7 Å². The number of benzene rings is 1. The van der Waals surface area contributed by atoms with Crippen molar-refractivity contribution in [3.05, 3.63) is 29.6 Å². The van der Waals surface area contributed by atoms with Crippen LogP contribution in [0, 0.1) is 5.82 Å². The van der Waals surface area contributed by atoms with Crippen LogP contribution in [0.3, 0.4) is 0 Å². The lowest BCUT2D eigenvalue weighted by Crippen LogP contribution is -2.31. The number of nitrogens with one attached hydrogen (secondary N) is 1.